The number of likely N-dealkylation sites (N-methyl/N-ethyl adjacent to an activating group) is 1. The van der Waals surface area contributed by atoms with Gasteiger partial charge in [-0.25, -0.2) is 0 Å². The lowest BCUT2D eigenvalue weighted by Crippen LogP contribution is -2.30. The first kappa shape index (κ1) is 21.8. The molecule has 0 aliphatic carbocycles. The van der Waals surface area contributed by atoms with Crippen LogP contribution in [0.5, 0.6) is 0 Å². The smallest absolute Gasteiger partial charge is 0.256 e. The number of primary amides is 1. The highest BCUT2D eigenvalue weighted by Crippen LogP contribution is 2.37. The second-order valence-corrected chi connectivity index (χ2v) is 8.55. The van der Waals surface area contributed by atoms with Gasteiger partial charge in [0.1, 0.15) is 5.00 Å². The molecule has 146 valence electrons. The van der Waals surface area contributed by atoms with E-state index in [9.17, 15) is 9.59 Å². The van der Waals surface area contributed by atoms with E-state index in [1.165, 1.54) is 11.3 Å². The van der Waals surface area contributed by atoms with Gasteiger partial charge < -0.3 is 11.1 Å². The van der Waals surface area contributed by atoms with Crippen LogP contribution in [-0.4, -0.2) is 35.6 Å². The Morgan fingerprint density at radius 3 is 2.78 bits per heavy atom. The molecular weight excluding hydrogens is 402 g/mol. The lowest BCUT2D eigenvalue weighted by molar-refractivity contribution is 0.1000. The lowest BCUT2D eigenvalue weighted by Gasteiger charge is -2.25. The second-order valence-electron chi connectivity index (χ2n) is 6.11. The molecule has 2 amide bonds. The van der Waals surface area contributed by atoms with Crippen molar-refractivity contribution in [1.82, 2.24) is 4.90 Å². The molecule has 3 rings (SSSR count). The Hall–Kier alpha value is -1.54. The van der Waals surface area contributed by atoms with Crippen LogP contribution in [-0.2, 0) is 13.0 Å². The fourth-order valence-corrected chi connectivity index (χ4v) is 5.15. The molecule has 3 N–H and O–H groups in total. The Kier molecular flexibility index (Phi) is 7.73. The predicted molar refractivity (Wildman–Crippen MR) is 116 cm³/mol. The van der Waals surface area contributed by atoms with E-state index in [-0.39, 0.29) is 18.3 Å². The molecule has 0 saturated carbocycles. The van der Waals surface area contributed by atoms with Crippen molar-refractivity contribution < 1.29 is 9.59 Å². The Morgan fingerprint density at radius 1 is 1.33 bits per heavy atom. The number of thiophene rings is 1. The molecule has 0 spiro atoms. The number of rotatable bonds is 6. The van der Waals surface area contributed by atoms with Gasteiger partial charge in [-0.05, 0) is 42.5 Å². The summed E-state index contributed by atoms with van der Waals surface area (Å²) in [5.74, 6) is 0.262. The lowest BCUT2D eigenvalue weighted by atomic mass is 10.0. The maximum Gasteiger partial charge on any atom is 0.256 e. The third-order valence-corrected chi connectivity index (χ3v) is 6.47. The van der Waals surface area contributed by atoms with Crippen LogP contribution in [0.1, 0.15) is 45.0 Å². The van der Waals surface area contributed by atoms with Crippen LogP contribution in [0.2, 0.25) is 0 Å². The molecule has 2 heterocycles. The minimum atomic E-state index is -0.474. The highest BCUT2D eigenvalue weighted by atomic mass is 35.5. The van der Waals surface area contributed by atoms with E-state index in [0.717, 1.165) is 47.1 Å². The van der Waals surface area contributed by atoms with Crippen LogP contribution in [0.15, 0.2) is 29.2 Å². The number of fused-ring (bicyclic) bond motifs is 1. The average molecular weight is 426 g/mol. The van der Waals surface area contributed by atoms with Crippen molar-refractivity contribution in [2.24, 2.45) is 5.73 Å². The van der Waals surface area contributed by atoms with E-state index in [4.69, 9.17) is 5.73 Å². The number of anilines is 1. The van der Waals surface area contributed by atoms with Crippen molar-refractivity contribution in [2.45, 2.75) is 31.7 Å². The molecule has 0 atom stereocenters. The number of nitrogens with zero attached hydrogens (tertiary/aromatic N) is 1. The van der Waals surface area contributed by atoms with Crippen LogP contribution in [0.4, 0.5) is 5.00 Å². The number of thioether (sulfide) groups is 1. The second kappa shape index (κ2) is 9.59. The molecule has 0 unspecified atom stereocenters. The Balaban J connectivity index is 0.00000261. The molecule has 0 bridgehead atoms. The summed E-state index contributed by atoms with van der Waals surface area (Å²) in [4.78, 5) is 29.2. The van der Waals surface area contributed by atoms with Crippen LogP contribution in [0.25, 0.3) is 0 Å². The summed E-state index contributed by atoms with van der Waals surface area (Å²) in [6.07, 6.45) is 0.788. The average Bonchev–Trinajstić information content (AvgIpc) is 2.99. The number of hydrogen-bond acceptors (Lipinski definition) is 5. The summed E-state index contributed by atoms with van der Waals surface area (Å²) in [5.41, 5.74) is 7.69. The third-order valence-electron chi connectivity index (χ3n) is 4.46. The number of halogens is 1. The van der Waals surface area contributed by atoms with E-state index >= 15 is 0 Å². The number of hydrogen-bond donors (Lipinski definition) is 2. The molecule has 27 heavy (non-hydrogen) atoms. The van der Waals surface area contributed by atoms with Crippen molar-refractivity contribution in [3.63, 3.8) is 0 Å². The molecule has 1 aromatic carbocycles. The summed E-state index contributed by atoms with van der Waals surface area (Å²) < 4.78 is 0. The van der Waals surface area contributed by atoms with Gasteiger partial charge in [-0.2, -0.15) is 0 Å². The van der Waals surface area contributed by atoms with Crippen molar-refractivity contribution >= 4 is 52.3 Å². The summed E-state index contributed by atoms with van der Waals surface area (Å²) in [5, 5.41) is 3.49. The quantitative estimate of drug-likeness (QED) is 0.685. The molecule has 0 saturated heterocycles. The van der Waals surface area contributed by atoms with Gasteiger partial charge in [0.2, 0.25) is 0 Å². The molecule has 1 aliphatic rings. The van der Waals surface area contributed by atoms with Crippen LogP contribution in [0, 0.1) is 0 Å². The standard InChI is InChI=1S/C19H23N3O2S2.ClH/c1-3-22-9-8-14-15(11-22)26-19(16(14)17(20)23)21-18(24)12-6-5-7-13(10-12)25-4-2;/h5-7,10H,3-4,8-9,11H2,1-2H3,(H2,20,23)(H,21,24);1H. The minimum Gasteiger partial charge on any atom is -0.365 e. The first-order valence-electron chi connectivity index (χ1n) is 8.74. The fraction of sp³-hybridized carbons (Fsp3) is 0.368. The van der Waals surface area contributed by atoms with Crippen molar-refractivity contribution in [3.05, 3.63) is 45.8 Å². The van der Waals surface area contributed by atoms with Gasteiger partial charge in [0, 0.05) is 28.4 Å². The normalized spacial score (nSPS) is 13.6. The Morgan fingerprint density at radius 2 is 2.11 bits per heavy atom. The summed E-state index contributed by atoms with van der Waals surface area (Å²) in [6, 6.07) is 7.52. The Bertz CT molecular complexity index is 838. The van der Waals surface area contributed by atoms with E-state index in [1.54, 1.807) is 17.8 Å². The van der Waals surface area contributed by atoms with E-state index in [0.29, 0.717) is 16.1 Å². The van der Waals surface area contributed by atoms with Gasteiger partial charge >= 0.3 is 0 Å². The maximum absolute atomic E-state index is 12.7. The number of amides is 2. The van der Waals surface area contributed by atoms with Crippen LogP contribution < -0.4 is 11.1 Å². The monoisotopic (exact) mass is 425 g/mol. The zero-order chi connectivity index (χ0) is 18.7. The summed E-state index contributed by atoms with van der Waals surface area (Å²) in [7, 11) is 0. The number of carbonyl (C=O) groups excluding carboxylic acids is 2. The van der Waals surface area contributed by atoms with Gasteiger partial charge in [0.15, 0.2) is 0 Å². The van der Waals surface area contributed by atoms with Gasteiger partial charge in [0.05, 0.1) is 5.56 Å². The first-order chi connectivity index (χ1) is 12.5. The first-order valence-corrected chi connectivity index (χ1v) is 10.5. The van der Waals surface area contributed by atoms with Crippen molar-refractivity contribution in [3.8, 4) is 0 Å². The largest absolute Gasteiger partial charge is 0.365 e. The van der Waals surface area contributed by atoms with Crippen molar-refractivity contribution in [1.29, 1.82) is 0 Å². The number of benzene rings is 1. The molecule has 0 radical (unpaired) electrons. The van der Waals surface area contributed by atoms with E-state index in [2.05, 4.69) is 24.1 Å². The van der Waals surface area contributed by atoms with Gasteiger partial charge in [-0.15, -0.1) is 35.5 Å². The SMILES string of the molecule is CCSc1cccc(C(=O)Nc2sc3c(c2C(N)=O)CCN(CC)C3)c1.Cl. The third kappa shape index (κ3) is 4.85. The molecule has 5 nitrogen and oxygen atoms in total. The molecule has 1 aromatic heterocycles. The predicted octanol–water partition coefficient (Wildman–Crippen LogP) is 4.01. The molecule has 8 heteroatoms. The Labute approximate surface area is 174 Å². The van der Waals surface area contributed by atoms with Crippen LogP contribution in [0.3, 0.4) is 0 Å². The maximum atomic E-state index is 12.7. The number of carbonyl (C=O) groups is 2. The highest BCUT2D eigenvalue weighted by Gasteiger charge is 2.27. The topological polar surface area (TPSA) is 75.4 Å². The van der Waals surface area contributed by atoms with Gasteiger partial charge in [-0.3, -0.25) is 14.5 Å². The number of nitrogens with one attached hydrogen (secondary N) is 1. The molecule has 1 aliphatic heterocycles. The molecule has 2 aromatic rings. The highest BCUT2D eigenvalue weighted by molar-refractivity contribution is 7.99. The van der Waals surface area contributed by atoms with Crippen molar-refractivity contribution in [2.75, 3.05) is 24.2 Å². The molecule has 0 fully saturated rings. The minimum absolute atomic E-state index is 0. The van der Waals surface area contributed by atoms with Crippen LogP contribution >= 0.6 is 35.5 Å². The van der Waals surface area contributed by atoms with Gasteiger partial charge in [0.25, 0.3) is 11.8 Å². The fourth-order valence-electron chi connectivity index (χ4n) is 3.14. The summed E-state index contributed by atoms with van der Waals surface area (Å²) in [6.45, 7) is 6.87. The number of nitrogens with two attached hydrogens (primary N) is 1. The summed E-state index contributed by atoms with van der Waals surface area (Å²) >= 11 is 3.16. The zero-order valence-corrected chi connectivity index (χ0v) is 17.9. The van der Waals surface area contributed by atoms with E-state index < -0.39 is 5.91 Å². The molecular formula is C19H24ClN3O2S2. The van der Waals surface area contributed by atoms with E-state index in [1.807, 2.05) is 18.2 Å². The zero-order valence-electron chi connectivity index (χ0n) is 15.4. The van der Waals surface area contributed by atoms with Gasteiger partial charge in [-0.1, -0.05) is 19.9 Å².